The van der Waals surface area contributed by atoms with E-state index < -0.39 is 11.9 Å². The minimum absolute atomic E-state index is 0.412. The normalized spacial score (nSPS) is 15.5. The van der Waals surface area contributed by atoms with Crippen molar-refractivity contribution in [1.82, 2.24) is 0 Å². The number of carboxylic acids is 1. The lowest BCUT2D eigenvalue weighted by Gasteiger charge is -2.17. The Bertz CT molecular complexity index is 1000. The molecule has 1 saturated carbocycles. The molecule has 150 valence electrons. The van der Waals surface area contributed by atoms with E-state index in [1.165, 1.54) is 36.5 Å². The first kappa shape index (κ1) is 19.5. The topological polar surface area (TPSA) is 46.5 Å². The number of ether oxygens (including phenoxy) is 1. The fourth-order valence-corrected chi connectivity index (χ4v) is 4.24. The van der Waals surface area contributed by atoms with Crippen LogP contribution in [0.1, 0.15) is 38.2 Å². The Labute approximate surface area is 172 Å². The highest BCUT2D eigenvalue weighted by Crippen LogP contribution is 2.35. The lowest BCUT2D eigenvalue weighted by Crippen LogP contribution is -2.12. The molecule has 1 unspecified atom stereocenters. The van der Waals surface area contributed by atoms with Crippen LogP contribution in [0.2, 0.25) is 0 Å². The van der Waals surface area contributed by atoms with E-state index in [1.54, 1.807) is 6.92 Å². The molecule has 0 amide bonds. The summed E-state index contributed by atoms with van der Waals surface area (Å²) in [5, 5.41) is 11.7. The number of carboxylic acid groups (broad SMARTS) is 1. The highest BCUT2D eigenvalue weighted by molar-refractivity contribution is 5.88. The lowest BCUT2D eigenvalue weighted by atomic mass is 9.95. The van der Waals surface area contributed by atoms with Gasteiger partial charge in [-0.25, -0.2) is 0 Å². The molecule has 4 rings (SSSR count). The summed E-state index contributed by atoms with van der Waals surface area (Å²) in [5.74, 6) is 0.355. The van der Waals surface area contributed by atoms with Crippen LogP contribution in [-0.4, -0.2) is 17.7 Å². The molecule has 0 radical (unpaired) electrons. The van der Waals surface area contributed by atoms with Gasteiger partial charge in [-0.2, -0.15) is 0 Å². The standard InChI is InChI=1S/C26H28O3/c1-18(26(27)28)14-20-10-13-25(29-17-19-6-2-3-7-19)24(15-20)23-12-11-21-8-4-5-9-22(21)16-23/h4-5,8-13,15-16,18-19H,2-3,6-7,14,17H2,1H3,(H,27,28). The first-order valence-electron chi connectivity index (χ1n) is 10.6. The first-order valence-corrected chi connectivity index (χ1v) is 10.6. The summed E-state index contributed by atoms with van der Waals surface area (Å²) in [7, 11) is 0. The molecule has 3 aromatic rings. The van der Waals surface area contributed by atoms with Gasteiger partial charge >= 0.3 is 5.97 Å². The SMILES string of the molecule is CC(Cc1ccc(OCC2CCCC2)c(-c2ccc3ccccc3c2)c1)C(=O)O. The van der Waals surface area contributed by atoms with Crippen molar-refractivity contribution in [2.24, 2.45) is 11.8 Å². The summed E-state index contributed by atoms with van der Waals surface area (Å²) in [6, 6.07) is 20.9. The van der Waals surface area contributed by atoms with Crippen molar-refractivity contribution in [2.75, 3.05) is 6.61 Å². The molecule has 1 fully saturated rings. The van der Waals surface area contributed by atoms with E-state index in [0.717, 1.165) is 29.0 Å². The van der Waals surface area contributed by atoms with Gasteiger partial charge in [0.25, 0.3) is 0 Å². The van der Waals surface area contributed by atoms with Crippen molar-refractivity contribution in [3.8, 4) is 16.9 Å². The van der Waals surface area contributed by atoms with Crippen LogP contribution in [0.4, 0.5) is 0 Å². The molecule has 1 aliphatic rings. The van der Waals surface area contributed by atoms with E-state index in [-0.39, 0.29) is 0 Å². The number of benzene rings is 3. The van der Waals surface area contributed by atoms with Crippen LogP contribution in [0.25, 0.3) is 21.9 Å². The predicted molar refractivity (Wildman–Crippen MR) is 117 cm³/mol. The van der Waals surface area contributed by atoms with E-state index in [4.69, 9.17) is 4.74 Å². The van der Waals surface area contributed by atoms with Crippen molar-refractivity contribution < 1.29 is 14.6 Å². The summed E-state index contributed by atoms with van der Waals surface area (Å²) in [4.78, 5) is 11.3. The molecule has 3 aromatic carbocycles. The number of hydrogen-bond donors (Lipinski definition) is 1. The maximum absolute atomic E-state index is 11.3. The number of rotatable bonds is 7. The molecule has 0 aliphatic heterocycles. The molecule has 1 N–H and O–H groups in total. The van der Waals surface area contributed by atoms with Crippen LogP contribution in [0.3, 0.4) is 0 Å². The van der Waals surface area contributed by atoms with Crippen molar-refractivity contribution in [3.63, 3.8) is 0 Å². The second kappa shape index (κ2) is 8.69. The maximum Gasteiger partial charge on any atom is 0.306 e. The second-order valence-electron chi connectivity index (χ2n) is 8.30. The summed E-state index contributed by atoms with van der Waals surface area (Å²) >= 11 is 0. The van der Waals surface area contributed by atoms with Crippen LogP contribution in [0.5, 0.6) is 5.75 Å². The van der Waals surface area contributed by atoms with Crippen molar-refractivity contribution in [3.05, 3.63) is 66.2 Å². The minimum atomic E-state index is -0.765. The third kappa shape index (κ3) is 4.61. The molecule has 3 heteroatoms. The molecular formula is C26H28O3. The predicted octanol–water partition coefficient (Wildman–Crippen LogP) is 6.34. The molecular weight excluding hydrogens is 360 g/mol. The second-order valence-corrected chi connectivity index (χ2v) is 8.30. The molecule has 1 aliphatic carbocycles. The van der Waals surface area contributed by atoms with Crippen LogP contribution >= 0.6 is 0 Å². The van der Waals surface area contributed by atoms with Gasteiger partial charge in [-0.3, -0.25) is 4.79 Å². The lowest BCUT2D eigenvalue weighted by molar-refractivity contribution is -0.141. The van der Waals surface area contributed by atoms with Crippen LogP contribution < -0.4 is 4.74 Å². The smallest absolute Gasteiger partial charge is 0.306 e. The third-order valence-electron chi connectivity index (χ3n) is 6.02. The zero-order valence-corrected chi connectivity index (χ0v) is 16.9. The third-order valence-corrected chi connectivity index (χ3v) is 6.02. The quantitative estimate of drug-likeness (QED) is 0.514. The Morgan fingerprint density at radius 3 is 2.55 bits per heavy atom. The molecule has 0 heterocycles. The average Bonchev–Trinajstić information content (AvgIpc) is 3.26. The Hall–Kier alpha value is -2.81. The Morgan fingerprint density at radius 2 is 1.79 bits per heavy atom. The van der Waals surface area contributed by atoms with E-state index >= 15 is 0 Å². The highest BCUT2D eigenvalue weighted by atomic mass is 16.5. The molecule has 1 atom stereocenters. The Balaban J connectivity index is 1.68. The van der Waals surface area contributed by atoms with E-state index in [1.807, 2.05) is 18.2 Å². The van der Waals surface area contributed by atoms with Gasteiger partial charge in [0.05, 0.1) is 12.5 Å². The number of fused-ring (bicyclic) bond motifs is 1. The van der Waals surface area contributed by atoms with Gasteiger partial charge in [-0.15, -0.1) is 0 Å². The van der Waals surface area contributed by atoms with Gasteiger partial charge in [0, 0.05) is 5.56 Å². The monoisotopic (exact) mass is 388 g/mol. The number of aliphatic carboxylic acids is 1. The van der Waals surface area contributed by atoms with Crippen LogP contribution in [0.15, 0.2) is 60.7 Å². The van der Waals surface area contributed by atoms with E-state index in [0.29, 0.717) is 12.3 Å². The number of hydrogen-bond acceptors (Lipinski definition) is 2. The van der Waals surface area contributed by atoms with Gasteiger partial charge < -0.3 is 9.84 Å². The van der Waals surface area contributed by atoms with E-state index in [9.17, 15) is 9.90 Å². The highest BCUT2D eigenvalue weighted by Gasteiger charge is 2.18. The largest absolute Gasteiger partial charge is 0.493 e. The molecule has 29 heavy (non-hydrogen) atoms. The zero-order valence-electron chi connectivity index (χ0n) is 16.9. The van der Waals surface area contributed by atoms with Gasteiger partial charge in [-0.1, -0.05) is 62.2 Å². The molecule has 0 aromatic heterocycles. The summed E-state index contributed by atoms with van der Waals surface area (Å²) in [6.07, 6.45) is 5.62. The Morgan fingerprint density at radius 1 is 1.03 bits per heavy atom. The van der Waals surface area contributed by atoms with Crippen molar-refractivity contribution >= 4 is 16.7 Å². The summed E-state index contributed by atoms with van der Waals surface area (Å²) in [6.45, 7) is 2.51. The van der Waals surface area contributed by atoms with Crippen molar-refractivity contribution in [1.29, 1.82) is 0 Å². The molecule has 0 spiro atoms. The van der Waals surface area contributed by atoms with Gasteiger partial charge in [0.1, 0.15) is 5.75 Å². The maximum atomic E-state index is 11.3. The summed E-state index contributed by atoms with van der Waals surface area (Å²) in [5.41, 5.74) is 3.18. The number of carbonyl (C=O) groups is 1. The molecule has 0 bridgehead atoms. The fourth-order valence-electron chi connectivity index (χ4n) is 4.24. The fraction of sp³-hybridized carbons (Fsp3) is 0.346. The average molecular weight is 389 g/mol. The van der Waals surface area contributed by atoms with Gasteiger partial charge in [-0.05, 0) is 65.3 Å². The van der Waals surface area contributed by atoms with Crippen molar-refractivity contribution in [2.45, 2.75) is 39.0 Å². The minimum Gasteiger partial charge on any atom is -0.493 e. The van der Waals surface area contributed by atoms with Crippen LogP contribution in [0, 0.1) is 11.8 Å². The first-order chi connectivity index (χ1) is 14.1. The van der Waals surface area contributed by atoms with Gasteiger partial charge in [0.15, 0.2) is 0 Å². The molecule has 0 saturated heterocycles. The zero-order chi connectivity index (χ0) is 20.2. The van der Waals surface area contributed by atoms with Gasteiger partial charge in [0.2, 0.25) is 0 Å². The van der Waals surface area contributed by atoms with E-state index in [2.05, 4.69) is 42.5 Å². The molecule has 3 nitrogen and oxygen atoms in total. The van der Waals surface area contributed by atoms with Crippen LogP contribution in [-0.2, 0) is 11.2 Å². The summed E-state index contributed by atoms with van der Waals surface area (Å²) < 4.78 is 6.28. The Kier molecular flexibility index (Phi) is 5.84.